The van der Waals surface area contributed by atoms with Gasteiger partial charge in [-0.2, -0.15) is 0 Å². The summed E-state index contributed by atoms with van der Waals surface area (Å²) in [6.07, 6.45) is 8.57. The van der Waals surface area contributed by atoms with Gasteiger partial charge in [0.05, 0.1) is 17.5 Å². The number of ether oxygens (including phenoxy) is 3. The van der Waals surface area contributed by atoms with Crippen LogP contribution in [0.15, 0.2) is 36.4 Å². The first-order valence-electron chi connectivity index (χ1n) is 17.8. The maximum absolute atomic E-state index is 13.5. The van der Waals surface area contributed by atoms with Gasteiger partial charge in [-0.25, -0.2) is 4.21 Å². The normalized spacial score (nSPS) is 38.7. The predicted octanol–water partition coefficient (Wildman–Crippen LogP) is 5.77. The van der Waals surface area contributed by atoms with E-state index in [1.165, 1.54) is 24.0 Å². The maximum atomic E-state index is 13.5. The molecule has 4 aliphatic heterocycles. The van der Waals surface area contributed by atoms with Crippen molar-refractivity contribution in [2.75, 3.05) is 37.7 Å². The van der Waals surface area contributed by atoms with Gasteiger partial charge in [-0.3, -0.25) is 9.52 Å². The number of nitrogens with one attached hydrogen (secondary N) is 2. The van der Waals surface area contributed by atoms with E-state index in [-0.39, 0.29) is 41.0 Å². The van der Waals surface area contributed by atoms with E-state index in [1.54, 1.807) is 0 Å². The second kappa shape index (κ2) is 12.9. The minimum atomic E-state index is -1.50. The van der Waals surface area contributed by atoms with Gasteiger partial charge < -0.3 is 24.4 Å². The predicted molar refractivity (Wildman–Crippen MR) is 184 cm³/mol. The van der Waals surface area contributed by atoms with Gasteiger partial charge >= 0.3 is 0 Å². The number of aryl methyl sites for hydroxylation is 1. The first kappa shape index (κ1) is 32.1. The van der Waals surface area contributed by atoms with Gasteiger partial charge in [-0.05, 0) is 111 Å². The monoisotopic (exact) mass is 681 g/mol. The molecular formula is C37H48ClN3O5S. The van der Waals surface area contributed by atoms with E-state index in [4.69, 9.17) is 25.8 Å². The Morgan fingerprint density at radius 2 is 1.81 bits per heavy atom. The number of amides is 1. The lowest BCUT2D eigenvalue weighted by molar-refractivity contribution is -0.141. The van der Waals surface area contributed by atoms with Crippen LogP contribution in [-0.4, -0.2) is 66.6 Å². The standard InChI is InChI=1S/C37H48ClN3O5S/c1-22-5-3-7-29(36-45-33-17-39-18-34(33)46-36)28-11-8-26(28)19-41-20-37(14-4-6-24-15-27(38)10-12-30(24)37)21-44-32-13-9-25(16-31(32)41)35(42)40-47(43)23(22)2/h9-10,12-13,15-16,22-23,26,28-29,33-34,36,39H,3-8,11,14,17-21H2,1-2H3,(H,40,42)/t22?,23?,26?,28?,29?,33?,34?,36?,37-,47?/m0/s1. The molecule has 2 aromatic rings. The fourth-order valence-corrected chi connectivity index (χ4v) is 10.6. The van der Waals surface area contributed by atoms with E-state index in [9.17, 15) is 9.00 Å². The molecule has 3 fully saturated rings. The van der Waals surface area contributed by atoms with Crippen molar-refractivity contribution >= 4 is 34.2 Å². The molecular weight excluding hydrogens is 634 g/mol. The third kappa shape index (κ3) is 6.02. The van der Waals surface area contributed by atoms with Gasteiger partial charge in [0, 0.05) is 48.1 Å². The van der Waals surface area contributed by atoms with Crippen molar-refractivity contribution in [2.45, 2.75) is 94.4 Å². The Labute approximate surface area is 286 Å². The van der Waals surface area contributed by atoms with E-state index >= 15 is 0 Å². The average Bonchev–Trinajstić information content (AvgIpc) is 3.63. The molecule has 10 heteroatoms. The van der Waals surface area contributed by atoms with Crippen LogP contribution in [0.3, 0.4) is 0 Å². The molecule has 0 aromatic heterocycles. The Morgan fingerprint density at radius 3 is 2.60 bits per heavy atom. The summed E-state index contributed by atoms with van der Waals surface area (Å²) in [5, 5.41) is 4.03. The molecule has 6 aliphatic rings. The van der Waals surface area contributed by atoms with Crippen molar-refractivity contribution in [3.05, 3.63) is 58.1 Å². The van der Waals surface area contributed by atoms with Gasteiger partial charge in [0.15, 0.2) is 6.29 Å². The highest BCUT2D eigenvalue weighted by Gasteiger charge is 2.49. The number of rotatable bonds is 1. The Balaban J connectivity index is 1.16. The Bertz CT molecular complexity index is 1530. The highest BCUT2D eigenvalue weighted by Crippen LogP contribution is 2.49. The Morgan fingerprint density at radius 1 is 0.979 bits per heavy atom. The molecule has 2 aromatic carbocycles. The van der Waals surface area contributed by atoms with Gasteiger partial charge in [0.2, 0.25) is 0 Å². The van der Waals surface area contributed by atoms with Gasteiger partial charge in [-0.1, -0.05) is 31.0 Å². The SMILES string of the molecule is CC1CCCC(C2OC3CNCC3O2)C2CCC2CN2C[C@@]3(CCCc4cc(Cl)ccc43)COc3ccc(cc32)C(=O)NS(=O)C1C. The summed E-state index contributed by atoms with van der Waals surface area (Å²) >= 11 is 6.48. The largest absolute Gasteiger partial charge is 0.490 e. The molecule has 8 unspecified atom stereocenters. The highest BCUT2D eigenvalue weighted by molar-refractivity contribution is 7.84. The smallest absolute Gasteiger partial charge is 0.263 e. The van der Waals surface area contributed by atoms with E-state index in [0.717, 1.165) is 81.2 Å². The van der Waals surface area contributed by atoms with Crippen molar-refractivity contribution in [3.8, 4) is 5.75 Å². The highest BCUT2D eigenvalue weighted by atomic mass is 35.5. The van der Waals surface area contributed by atoms with Gasteiger partial charge in [-0.15, -0.1) is 0 Å². The molecule has 2 N–H and O–H groups in total. The lowest BCUT2D eigenvalue weighted by atomic mass is 9.64. The van der Waals surface area contributed by atoms with E-state index in [0.29, 0.717) is 29.9 Å². The van der Waals surface area contributed by atoms with Crippen LogP contribution in [-0.2, 0) is 32.3 Å². The summed E-state index contributed by atoms with van der Waals surface area (Å²) in [5.74, 6) is 2.01. The van der Waals surface area contributed by atoms with Crippen LogP contribution in [0.2, 0.25) is 5.02 Å². The second-order valence-corrected chi connectivity index (χ2v) is 17.1. The molecule has 2 aliphatic carbocycles. The summed E-state index contributed by atoms with van der Waals surface area (Å²) < 4.78 is 36.1. The molecule has 254 valence electrons. The van der Waals surface area contributed by atoms with Crippen LogP contribution < -0.4 is 19.7 Å². The summed E-state index contributed by atoms with van der Waals surface area (Å²) in [6, 6.07) is 12.1. The molecule has 1 spiro atoms. The van der Waals surface area contributed by atoms with Crippen molar-refractivity contribution in [2.24, 2.45) is 23.7 Å². The average molecular weight is 682 g/mol. The molecule has 1 saturated carbocycles. The fourth-order valence-electron chi connectivity index (χ4n) is 9.32. The number of fused-ring (bicyclic) bond motifs is 5. The van der Waals surface area contributed by atoms with Crippen LogP contribution in [0.4, 0.5) is 5.69 Å². The molecule has 2 bridgehead atoms. The van der Waals surface area contributed by atoms with E-state index in [1.807, 2.05) is 31.2 Å². The molecule has 4 heterocycles. The van der Waals surface area contributed by atoms with Crippen molar-refractivity contribution in [1.29, 1.82) is 0 Å². The number of carbonyl (C=O) groups is 1. The zero-order valence-electron chi connectivity index (χ0n) is 27.5. The number of halogens is 1. The summed E-state index contributed by atoms with van der Waals surface area (Å²) in [7, 11) is -1.50. The molecule has 8 rings (SSSR count). The number of carbonyl (C=O) groups excluding carboxylic acids is 1. The maximum Gasteiger partial charge on any atom is 0.263 e. The zero-order valence-corrected chi connectivity index (χ0v) is 29.1. The molecule has 2 saturated heterocycles. The number of hydrogen-bond acceptors (Lipinski definition) is 7. The minimum absolute atomic E-state index is 0.136. The number of benzene rings is 2. The van der Waals surface area contributed by atoms with Crippen LogP contribution >= 0.6 is 11.6 Å². The number of anilines is 1. The summed E-state index contributed by atoms with van der Waals surface area (Å²) in [4.78, 5) is 16.0. The van der Waals surface area contributed by atoms with Crippen molar-refractivity contribution in [3.63, 3.8) is 0 Å². The Hall–Kier alpha value is -2.17. The van der Waals surface area contributed by atoms with Gasteiger partial charge in [0.25, 0.3) is 5.91 Å². The molecule has 47 heavy (non-hydrogen) atoms. The number of hydrogen-bond donors (Lipinski definition) is 2. The van der Waals surface area contributed by atoms with Crippen LogP contribution in [0.5, 0.6) is 5.75 Å². The lowest BCUT2D eigenvalue weighted by Crippen LogP contribution is -2.50. The topological polar surface area (TPSA) is 89.1 Å². The fraction of sp³-hybridized carbons (Fsp3) is 0.649. The second-order valence-electron chi connectivity index (χ2n) is 15.2. The van der Waals surface area contributed by atoms with Gasteiger partial charge in [0.1, 0.15) is 28.9 Å². The minimum Gasteiger partial charge on any atom is -0.490 e. The van der Waals surface area contributed by atoms with Crippen LogP contribution in [0.1, 0.15) is 80.3 Å². The summed E-state index contributed by atoms with van der Waals surface area (Å²) in [5.41, 5.74) is 3.93. The lowest BCUT2D eigenvalue weighted by Gasteiger charge is -2.47. The Kier molecular flexibility index (Phi) is 8.83. The van der Waals surface area contributed by atoms with Crippen LogP contribution in [0, 0.1) is 23.7 Å². The third-order valence-corrected chi connectivity index (χ3v) is 14.1. The summed E-state index contributed by atoms with van der Waals surface area (Å²) in [6.45, 7) is 8.12. The number of nitrogens with zero attached hydrogens (tertiary/aromatic N) is 1. The van der Waals surface area contributed by atoms with Crippen molar-refractivity contribution < 1.29 is 23.2 Å². The van der Waals surface area contributed by atoms with E-state index < -0.39 is 11.0 Å². The first-order valence-corrected chi connectivity index (χ1v) is 19.4. The third-order valence-electron chi connectivity index (χ3n) is 12.4. The van der Waals surface area contributed by atoms with E-state index in [2.05, 4.69) is 34.0 Å². The molecule has 1 amide bonds. The zero-order chi connectivity index (χ0) is 32.3. The van der Waals surface area contributed by atoms with Crippen molar-refractivity contribution in [1.82, 2.24) is 10.0 Å². The molecule has 8 nitrogen and oxygen atoms in total. The quantitative estimate of drug-likeness (QED) is 0.395. The van der Waals surface area contributed by atoms with Crippen LogP contribution in [0.25, 0.3) is 0 Å². The molecule has 0 radical (unpaired) electrons. The first-order chi connectivity index (χ1) is 22.8. The molecule has 9 atom stereocenters.